The van der Waals surface area contributed by atoms with Crippen molar-refractivity contribution >= 4 is 11.8 Å². The Morgan fingerprint density at radius 1 is 1.27 bits per heavy atom. The van der Waals surface area contributed by atoms with Crippen LogP contribution in [0.1, 0.15) is 75.7 Å². The molecular formula is C29H44N4O4. The van der Waals surface area contributed by atoms with Crippen LogP contribution < -0.4 is 4.74 Å². The van der Waals surface area contributed by atoms with Gasteiger partial charge in [0.25, 0.3) is 5.91 Å². The van der Waals surface area contributed by atoms with Gasteiger partial charge in [-0.05, 0) is 44.8 Å². The van der Waals surface area contributed by atoms with Gasteiger partial charge in [0.2, 0.25) is 11.8 Å². The van der Waals surface area contributed by atoms with Crippen molar-refractivity contribution in [1.29, 1.82) is 0 Å². The van der Waals surface area contributed by atoms with Gasteiger partial charge < -0.3 is 24.5 Å². The van der Waals surface area contributed by atoms with Crippen molar-refractivity contribution in [2.45, 2.75) is 71.9 Å². The number of carbonyl (C=O) groups excluding carboxylic acids is 2. The van der Waals surface area contributed by atoms with Gasteiger partial charge >= 0.3 is 0 Å². The summed E-state index contributed by atoms with van der Waals surface area (Å²) < 4.78 is 6.32. The fraction of sp³-hybridized carbons (Fsp3) is 0.690. The first-order chi connectivity index (χ1) is 17.7. The molecule has 3 atom stereocenters. The molecule has 0 unspecified atom stereocenters. The summed E-state index contributed by atoms with van der Waals surface area (Å²) in [6, 6.07) is 1.37. The lowest BCUT2D eigenvalue weighted by molar-refractivity contribution is -0.131. The van der Waals surface area contributed by atoms with Gasteiger partial charge in [0.05, 0.1) is 19.2 Å². The summed E-state index contributed by atoms with van der Waals surface area (Å²) in [6.45, 7) is 11.6. The number of fused-ring (bicyclic) bond motifs is 1. The molecule has 3 heterocycles. The molecule has 1 N–H and O–H groups in total. The third-order valence-corrected chi connectivity index (χ3v) is 7.23. The average molecular weight is 513 g/mol. The minimum atomic E-state index is -0.360. The Morgan fingerprint density at radius 3 is 2.68 bits per heavy atom. The van der Waals surface area contributed by atoms with E-state index >= 15 is 0 Å². The average Bonchev–Trinajstić information content (AvgIpc) is 2.89. The van der Waals surface area contributed by atoms with E-state index in [2.05, 4.69) is 35.6 Å². The van der Waals surface area contributed by atoms with Crippen LogP contribution in [0.5, 0.6) is 5.88 Å². The molecule has 204 valence electrons. The number of amides is 2. The Morgan fingerprint density at radius 2 is 2.00 bits per heavy atom. The van der Waals surface area contributed by atoms with Crippen LogP contribution >= 0.6 is 0 Å². The molecule has 0 saturated carbocycles. The third kappa shape index (κ3) is 8.18. The smallest absolute Gasteiger partial charge is 0.259 e. The molecule has 37 heavy (non-hydrogen) atoms. The largest absolute Gasteiger partial charge is 0.472 e. The summed E-state index contributed by atoms with van der Waals surface area (Å²) in [5, 5.41) is 9.85. The second kappa shape index (κ2) is 13.8. The Kier molecular flexibility index (Phi) is 10.8. The molecule has 0 aliphatic carbocycles. The van der Waals surface area contributed by atoms with Crippen LogP contribution in [0.4, 0.5) is 0 Å². The highest BCUT2D eigenvalue weighted by molar-refractivity contribution is 5.97. The standard InChI is InChI=1S/C29H44N4O4/c1-21(2)10-9-11-24-16-25-28(30-17-24)37-26(22(3)18-33(29(25)36)23(4)20-34)19-31(5)27(35)12-15-32-13-7-6-8-14-32/h16-17,21-23,26,34H,6-8,10,12-15,18-20H2,1-5H3/t22-,23+,26+/m1/s1. The Balaban J connectivity index is 1.79. The first-order valence-corrected chi connectivity index (χ1v) is 13.7. The number of hydrogen-bond acceptors (Lipinski definition) is 6. The number of carbonyl (C=O) groups is 2. The molecule has 1 saturated heterocycles. The maximum Gasteiger partial charge on any atom is 0.259 e. The molecule has 8 nitrogen and oxygen atoms in total. The van der Waals surface area contributed by atoms with Crippen LogP contribution in [0.15, 0.2) is 12.3 Å². The molecule has 2 aliphatic rings. The Labute approximate surface area is 222 Å². The fourth-order valence-electron chi connectivity index (χ4n) is 4.75. The highest BCUT2D eigenvalue weighted by Gasteiger charge is 2.34. The van der Waals surface area contributed by atoms with Crippen LogP contribution in [-0.4, -0.2) is 95.1 Å². The van der Waals surface area contributed by atoms with E-state index in [0.29, 0.717) is 36.6 Å². The van der Waals surface area contributed by atoms with Crippen LogP contribution in [0.3, 0.4) is 0 Å². The van der Waals surface area contributed by atoms with E-state index in [-0.39, 0.29) is 42.4 Å². The maximum atomic E-state index is 13.5. The molecule has 0 bridgehead atoms. The molecule has 3 rings (SSSR count). The van der Waals surface area contributed by atoms with Crippen molar-refractivity contribution < 1.29 is 19.4 Å². The maximum absolute atomic E-state index is 13.5. The molecule has 2 aliphatic heterocycles. The molecular weight excluding hydrogens is 468 g/mol. The fourth-order valence-corrected chi connectivity index (χ4v) is 4.75. The summed E-state index contributed by atoms with van der Waals surface area (Å²) in [5.74, 6) is 6.74. The molecule has 1 fully saturated rings. The van der Waals surface area contributed by atoms with E-state index in [4.69, 9.17) is 4.74 Å². The first-order valence-electron chi connectivity index (χ1n) is 13.7. The van der Waals surface area contributed by atoms with E-state index in [0.717, 1.165) is 26.1 Å². The second-order valence-corrected chi connectivity index (χ2v) is 11.0. The zero-order chi connectivity index (χ0) is 26.9. The normalized spacial score (nSPS) is 21.3. The Hall–Kier alpha value is -2.63. The number of likely N-dealkylation sites (N-methyl/N-ethyl adjacent to an activating group) is 1. The number of nitrogens with zero attached hydrogens (tertiary/aromatic N) is 4. The molecule has 8 heteroatoms. The van der Waals surface area contributed by atoms with Gasteiger partial charge in [0.15, 0.2) is 0 Å². The molecule has 1 aromatic rings. The number of rotatable bonds is 8. The van der Waals surface area contributed by atoms with Crippen molar-refractivity contribution in [3.05, 3.63) is 23.4 Å². The molecule has 0 aromatic carbocycles. The lowest BCUT2D eigenvalue weighted by Crippen LogP contribution is -2.50. The van der Waals surface area contributed by atoms with E-state index in [1.807, 2.05) is 20.9 Å². The van der Waals surface area contributed by atoms with Crippen LogP contribution in [0.2, 0.25) is 0 Å². The van der Waals surface area contributed by atoms with E-state index in [1.165, 1.54) is 19.3 Å². The van der Waals surface area contributed by atoms with Crippen molar-refractivity contribution in [1.82, 2.24) is 19.7 Å². The SMILES string of the molecule is CC(C)CC#Cc1cnc2c(c1)C(=O)N([C@@H](C)CO)C[C@@H](C)[C@H](CN(C)C(=O)CCN1CCCCC1)O2. The van der Waals surface area contributed by atoms with E-state index < -0.39 is 0 Å². The summed E-state index contributed by atoms with van der Waals surface area (Å²) >= 11 is 0. The van der Waals surface area contributed by atoms with Gasteiger partial charge in [-0.25, -0.2) is 4.98 Å². The van der Waals surface area contributed by atoms with Gasteiger partial charge in [-0.1, -0.05) is 39.0 Å². The van der Waals surface area contributed by atoms with E-state index in [9.17, 15) is 14.7 Å². The summed E-state index contributed by atoms with van der Waals surface area (Å²) in [5.41, 5.74) is 0.996. The summed E-state index contributed by atoms with van der Waals surface area (Å²) in [6.07, 6.45) is 6.21. The lowest BCUT2D eigenvalue weighted by atomic mass is 9.99. The molecule has 0 radical (unpaired) electrons. The first kappa shape index (κ1) is 28.9. The van der Waals surface area contributed by atoms with Gasteiger partial charge in [0, 0.05) is 50.7 Å². The Bertz CT molecular complexity index is 980. The van der Waals surface area contributed by atoms with E-state index in [1.54, 1.807) is 22.1 Å². The quantitative estimate of drug-likeness (QED) is 0.539. The van der Waals surface area contributed by atoms with Crippen LogP contribution in [-0.2, 0) is 4.79 Å². The molecule has 0 spiro atoms. The monoisotopic (exact) mass is 512 g/mol. The number of likely N-dealkylation sites (tertiary alicyclic amines) is 1. The summed E-state index contributed by atoms with van der Waals surface area (Å²) in [7, 11) is 1.81. The molecule has 2 amide bonds. The molecule has 1 aromatic heterocycles. The highest BCUT2D eigenvalue weighted by atomic mass is 16.5. The zero-order valence-corrected chi connectivity index (χ0v) is 23.2. The van der Waals surface area contributed by atoms with Crippen molar-refractivity contribution in [2.24, 2.45) is 11.8 Å². The predicted molar refractivity (Wildman–Crippen MR) is 144 cm³/mol. The number of aromatic nitrogens is 1. The minimum absolute atomic E-state index is 0.0734. The van der Waals surface area contributed by atoms with Crippen molar-refractivity contribution in [2.75, 3.05) is 46.4 Å². The predicted octanol–water partition coefficient (Wildman–Crippen LogP) is 3.03. The number of aliphatic hydroxyl groups excluding tert-OH is 1. The third-order valence-electron chi connectivity index (χ3n) is 7.23. The van der Waals surface area contributed by atoms with Crippen LogP contribution in [0.25, 0.3) is 0 Å². The zero-order valence-electron chi connectivity index (χ0n) is 23.2. The number of piperidine rings is 1. The number of ether oxygens (including phenoxy) is 1. The van der Waals surface area contributed by atoms with Crippen molar-refractivity contribution in [3.63, 3.8) is 0 Å². The van der Waals surface area contributed by atoms with Crippen LogP contribution in [0, 0.1) is 23.7 Å². The van der Waals surface area contributed by atoms with Gasteiger partial charge in [-0.3, -0.25) is 9.59 Å². The van der Waals surface area contributed by atoms with Gasteiger partial charge in [-0.15, -0.1) is 0 Å². The van der Waals surface area contributed by atoms with Gasteiger partial charge in [-0.2, -0.15) is 0 Å². The highest BCUT2D eigenvalue weighted by Crippen LogP contribution is 2.27. The lowest BCUT2D eigenvalue weighted by Gasteiger charge is -2.37. The number of aliphatic hydroxyl groups is 1. The topological polar surface area (TPSA) is 86.2 Å². The summed E-state index contributed by atoms with van der Waals surface area (Å²) in [4.78, 5) is 36.7. The second-order valence-electron chi connectivity index (χ2n) is 11.0. The van der Waals surface area contributed by atoms with Gasteiger partial charge in [0.1, 0.15) is 11.7 Å². The minimum Gasteiger partial charge on any atom is -0.472 e. The number of hydrogen-bond donors (Lipinski definition) is 1. The van der Waals surface area contributed by atoms with Crippen molar-refractivity contribution in [3.8, 4) is 17.7 Å². The number of pyridine rings is 1.